The van der Waals surface area contributed by atoms with Crippen LogP contribution in [0.3, 0.4) is 0 Å². The molecular weight excluding hydrogens is 164 g/mol. The molecule has 0 unspecified atom stereocenters. The molecule has 1 fully saturated rings. The van der Waals surface area contributed by atoms with Gasteiger partial charge >= 0.3 is 0 Å². The molecule has 0 aromatic heterocycles. The fourth-order valence-corrected chi connectivity index (χ4v) is 1.40. The van der Waals surface area contributed by atoms with E-state index < -0.39 is 0 Å². The van der Waals surface area contributed by atoms with Crippen LogP contribution in [0.1, 0.15) is 23.2 Å². The first-order chi connectivity index (χ1) is 6.16. The van der Waals surface area contributed by atoms with Gasteiger partial charge < -0.3 is 11.5 Å². The monoisotopic (exact) mass is 176 g/mol. The van der Waals surface area contributed by atoms with Crippen LogP contribution in [0.4, 0.5) is 11.4 Å². The van der Waals surface area contributed by atoms with E-state index in [1.807, 2.05) is 0 Å². The average Bonchev–Trinajstić information content (AvgIpc) is 2.83. The molecule has 4 N–H and O–H groups in total. The van der Waals surface area contributed by atoms with Crippen LogP contribution < -0.4 is 11.5 Å². The predicted molar refractivity (Wildman–Crippen MR) is 52.3 cm³/mol. The molecule has 0 bridgehead atoms. The Hall–Kier alpha value is -1.51. The molecule has 3 nitrogen and oxygen atoms in total. The number of carbonyl (C=O) groups excluding carboxylic acids is 1. The highest BCUT2D eigenvalue weighted by molar-refractivity contribution is 6.00. The summed E-state index contributed by atoms with van der Waals surface area (Å²) in [4.78, 5) is 11.6. The Kier molecular flexibility index (Phi) is 1.72. The number of anilines is 2. The zero-order valence-corrected chi connectivity index (χ0v) is 7.29. The van der Waals surface area contributed by atoms with Gasteiger partial charge in [0.2, 0.25) is 0 Å². The van der Waals surface area contributed by atoms with E-state index in [0.717, 1.165) is 12.8 Å². The van der Waals surface area contributed by atoms with E-state index >= 15 is 0 Å². The highest BCUT2D eigenvalue weighted by Gasteiger charge is 2.30. The smallest absolute Gasteiger partial charge is 0.166 e. The number of nitrogen functional groups attached to an aromatic ring is 2. The lowest BCUT2D eigenvalue weighted by Crippen LogP contribution is -2.03. The lowest BCUT2D eigenvalue weighted by atomic mass is 10.1. The van der Waals surface area contributed by atoms with E-state index in [9.17, 15) is 4.79 Å². The molecule has 0 saturated heterocycles. The third kappa shape index (κ3) is 1.64. The van der Waals surface area contributed by atoms with Gasteiger partial charge in [0.25, 0.3) is 0 Å². The maximum Gasteiger partial charge on any atom is 0.166 e. The van der Waals surface area contributed by atoms with E-state index in [2.05, 4.69) is 0 Å². The molecule has 2 rings (SSSR count). The molecule has 0 aliphatic heterocycles. The fraction of sp³-hybridized carbons (Fsp3) is 0.300. The molecule has 1 aliphatic carbocycles. The third-order valence-corrected chi connectivity index (χ3v) is 2.21. The highest BCUT2D eigenvalue weighted by atomic mass is 16.1. The Bertz CT molecular complexity index is 336. The number of hydrogen-bond donors (Lipinski definition) is 2. The molecule has 1 aromatic rings. The van der Waals surface area contributed by atoms with Crippen molar-refractivity contribution in [3.05, 3.63) is 23.8 Å². The van der Waals surface area contributed by atoms with Crippen LogP contribution >= 0.6 is 0 Å². The molecule has 0 amide bonds. The summed E-state index contributed by atoms with van der Waals surface area (Å²) in [7, 11) is 0. The largest absolute Gasteiger partial charge is 0.399 e. The van der Waals surface area contributed by atoms with E-state index in [1.54, 1.807) is 18.2 Å². The Morgan fingerprint density at radius 3 is 2.15 bits per heavy atom. The van der Waals surface area contributed by atoms with Crippen molar-refractivity contribution in [3.8, 4) is 0 Å². The van der Waals surface area contributed by atoms with Gasteiger partial charge in [-0.2, -0.15) is 0 Å². The molecular formula is C10H12N2O. The van der Waals surface area contributed by atoms with Gasteiger partial charge in [-0.25, -0.2) is 0 Å². The molecule has 13 heavy (non-hydrogen) atoms. The van der Waals surface area contributed by atoms with Crippen LogP contribution in [-0.4, -0.2) is 5.78 Å². The third-order valence-electron chi connectivity index (χ3n) is 2.21. The summed E-state index contributed by atoms with van der Waals surface area (Å²) < 4.78 is 0. The van der Waals surface area contributed by atoms with Crippen molar-refractivity contribution in [2.75, 3.05) is 11.5 Å². The van der Waals surface area contributed by atoms with Crippen LogP contribution in [0.25, 0.3) is 0 Å². The Morgan fingerprint density at radius 1 is 1.15 bits per heavy atom. The normalized spacial score (nSPS) is 15.7. The summed E-state index contributed by atoms with van der Waals surface area (Å²) in [5.74, 6) is 0.403. The lowest BCUT2D eigenvalue weighted by Gasteiger charge is -2.02. The van der Waals surface area contributed by atoms with Crippen molar-refractivity contribution in [2.24, 2.45) is 5.92 Å². The Morgan fingerprint density at radius 2 is 1.69 bits per heavy atom. The van der Waals surface area contributed by atoms with Gasteiger partial charge in [-0.1, -0.05) is 0 Å². The molecule has 0 radical (unpaired) electrons. The number of carbonyl (C=O) groups is 1. The second kappa shape index (κ2) is 2.76. The van der Waals surface area contributed by atoms with Crippen LogP contribution in [0, 0.1) is 5.92 Å². The standard InChI is InChI=1S/C10H12N2O/c11-8-3-7(4-9(12)5-8)10(13)6-1-2-6/h3-6H,1-2,11-12H2. The molecule has 0 heterocycles. The molecule has 0 spiro atoms. The van der Waals surface area contributed by atoms with E-state index in [0.29, 0.717) is 16.9 Å². The number of benzene rings is 1. The first-order valence-corrected chi connectivity index (χ1v) is 4.37. The van der Waals surface area contributed by atoms with Gasteiger partial charge in [-0.3, -0.25) is 4.79 Å². The SMILES string of the molecule is Nc1cc(N)cc(C(=O)C2CC2)c1. The summed E-state index contributed by atoms with van der Waals surface area (Å²) >= 11 is 0. The van der Waals surface area contributed by atoms with Crippen molar-refractivity contribution in [1.29, 1.82) is 0 Å². The molecule has 0 atom stereocenters. The van der Waals surface area contributed by atoms with Crippen molar-refractivity contribution < 1.29 is 4.79 Å². The van der Waals surface area contributed by atoms with Crippen molar-refractivity contribution >= 4 is 17.2 Å². The van der Waals surface area contributed by atoms with Gasteiger partial charge in [0.05, 0.1) is 0 Å². The zero-order valence-electron chi connectivity index (χ0n) is 7.29. The predicted octanol–water partition coefficient (Wildman–Crippen LogP) is 1.44. The van der Waals surface area contributed by atoms with Gasteiger partial charge in [-0.15, -0.1) is 0 Å². The molecule has 1 aliphatic rings. The summed E-state index contributed by atoms with van der Waals surface area (Å²) in [5, 5.41) is 0. The highest BCUT2D eigenvalue weighted by Crippen LogP contribution is 2.33. The Balaban J connectivity index is 2.33. The Labute approximate surface area is 76.7 Å². The maximum atomic E-state index is 11.6. The maximum absolute atomic E-state index is 11.6. The second-order valence-electron chi connectivity index (χ2n) is 3.53. The van der Waals surface area contributed by atoms with Crippen molar-refractivity contribution in [1.82, 2.24) is 0 Å². The second-order valence-corrected chi connectivity index (χ2v) is 3.53. The van der Waals surface area contributed by atoms with Gasteiger partial charge in [0.1, 0.15) is 0 Å². The van der Waals surface area contributed by atoms with Crippen molar-refractivity contribution in [2.45, 2.75) is 12.8 Å². The number of ketones is 1. The number of hydrogen-bond acceptors (Lipinski definition) is 3. The first-order valence-electron chi connectivity index (χ1n) is 4.37. The lowest BCUT2D eigenvalue weighted by molar-refractivity contribution is 0.0967. The van der Waals surface area contributed by atoms with E-state index in [-0.39, 0.29) is 11.7 Å². The van der Waals surface area contributed by atoms with Crippen LogP contribution in [0.5, 0.6) is 0 Å². The first kappa shape index (κ1) is 8.10. The topological polar surface area (TPSA) is 69.1 Å². The quantitative estimate of drug-likeness (QED) is 0.529. The fourth-order valence-electron chi connectivity index (χ4n) is 1.40. The minimum absolute atomic E-state index is 0.180. The minimum Gasteiger partial charge on any atom is -0.399 e. The van der Waals surface area contributed by atoms with Crippen LogP contribution in [0.15, 0.2) is 18.2 Å². The summed E-state index contributed by atoms with van der Waals surface area (Å²) in [6.45, 7) is 0. The average molecular weight is 176 g/mol. The summed E-state index contributed by atoms with van der Waals surface area (Å²) in [5.41, 5.74) is 12.9. The molecule has 68 valence electrons. The van der Waals surface area contributed by atoms with E-state index in [1.165, 1.54) is 0 Å². The molecule has 1 aromatic carbocycles. The van der Waals surface area contributed by atoms with Gasteiger partial charge in [-0.05, 0) is 31.0 Å². The molecule has 3 heteroatoms. The number of rotatable bonds is 2. The number of Topliss-reactive ketones (excluding diaryl/α,β-unsaturated/α-hetero) is 1. The summed E-state index contributed by atoms with van der Waals surface area (Å²) in [6.07, 6.45) is 2.01. The van der Waals surface area contributed by atoms with E-state index in [4.69, 9.17) is 11.5 Å². The molecule has 1 saturated carbocycles. The van der Waals surface area contributed by atoms with Crippen LogP contribution in [0.2, 0.25) is 0 Å². The minimum atomic E-state index is 0.180. The zero-order chi connectivity index (χ0) is 9.42. The van der Waals surface area contributed by atoms with Crippen LogP contribution in [-0.2, 0) is 0 Å². The number of nitrogens with two attached hydrogens (primary N) is 2. The van der Waals surface area contributed by atoms with Gasteiger partial charge in [0.15, 0.2) is 5.78 Å². The summed E-state index contributed by atoms with van der Waals surface area (Å²) in [6, 6.07) is 5.04. The van der Waals surface area contributed by atoms with Gasteiger partial charge in [0, 0.05) is 22.9 Å². The van der Waals surface area contributed by atoms with Crippen molar-refractivity contribution in [3.63, 3.8) is 0 Å².